The molecule has 0 aliphatic heterocycles. The van der Waals surface area contributed by atoms with Gasteiger partial charge in [-0.3, -0.25) is 4.79 Å². The number of rotatable bonds is 4. The molecule has 0 aliphatic carbocycles. The van der Waals surface area contributed by atoms with E-state index in [2.05, 4.69) is 54.0 Å². The van der Waals surface area contributed by atoms with Crippen LogP contribution in [-0.2, 0) is 0 Å². The third-order valence-electron chi connectivity index (χ3n) is 4.36. The highest BCUT2D eigenvalue weighted by atomic mass is 79.9. The molecular formula is C20H23BrN4O. The summed E-state index contributed by atoms with van der Waals surface area (Å²) >= 11 is 3.46. The molecule has 0 aliphatic rings. The summed E-state index contributed by atoms with van der Waals surface area (Å²) in [5, 5.41) is 8.25. The quantitative estimate of drug-likeness (QED) is 0.616. The van der Waals surface area contributed by atoms with E-state index in [1.165, 1.54) is 0 Å². The lowest BCUT2D eigenvalue weighted by Crippen LogP contribution is -2.15. The molecule has 6 heteroatoms. The number of anilines is 1. The normalized spacial score (nSPS) is 11.5. The smallest absolute Gasteiger partial charge is 0.256 e. The lowest BCUT2D eigenvalue weighted by atomic mass is 10.0. The molecule has 0 saturated carbocycles. The third kappa shape index (κ3) is 3.51. The Bertz CT molecular complexity index is 975. The number of halogens is 1. The Balaban J connectivity index is 2.11. The highest BCUT2D eigenvalue weighted by molar-refractivity contribution is 9.10. The molecule has 2 aromatic heterocycles. The van der Waals surface area contributed by atoms with Crippen molar-refractivity contribution in [1.29, 1.82) is 0 Å². The van der Waals surface area contributed by atoms with Crippen LogP contribution in [0.1, 0.15) is 61.3 Å². The van der Waals surface area contributed by atoms with Gasteiger partial charge in [0.15, 0.2) is 5.65 Å². The topological polar surface area (TPSA) is 59.8 Å². The number of aromatic nitrogens is 3. The second-order valence-corrected chi connectivity index (χ2v) is 8.00. The van der Waals surface area contributed by atoms with E-state index in [-0.39, 0.29) is 17.9 Å². The molecule has 0 spiro atoms. The Hall–Kier alpha value is -2.21. The maximum atomic E-state index is 13.1. The summed E-state index contributed by atoms with van der Waals surface area (Å²) in [6, 6.07) is 7.89. The first-order valence-electron chi connectivity index (χ1n) is 8.73. The second-order valence-electron chi connectivity index (χ2n) is 7.08. The molecule has 0 unspecified atom stereocenters. The van der Waals surface area contributed by atoms with E-state index in [1.54, 1.807) is 6.20 Å². The van der Waals surface area contributed by atoms with Gasteiger partial charge in [-0.15, -0.1) is 0 Å². The number of carbonyl (C=O) groups is 1. The minimum atomic E-state index is -0.149. The lowest BCUT2D eigenvalue weighted by Gasteiger charge is -2.13. The van der Waals surface area contributed by atoms with Crippen LogP contribution in [0.2, 0.25) is 0 Å². The van der Waals surface area contributed by atoms with Crippen LogP contribution in [0.3, 0.4) is 0 Å². The van der Waals surface area contributed by atoms with Gasteiger partial charge in [-0.1, -0.05) is 35.8 Å². The van der Waals surface area contributed by atoms with Crippen molar-refractivity contribution in [2.45, 2.75) is 46.6 Å². The van der Waals surface area contributed by atoms with Gasteiger partial charge in [-0.2, -0.15) is 5.10 Å². The molecule has 3 rings (SSSR count). The van der Waals surface area contributed by atoms with Gasteiger partial charge in [-0.05, 0) is 50.5 Å². The van der Waals surface area contributed by atoms with Gasteiger partial charge in [0.1, 0.15) is 0 Å². The van der Waals surface area contributed by atoms with Crippen molar-refractivity contribution in [2.24, 2.45) is 0 Å². The van der Waals surface area contributed by atoms with Crippen LogP contribution < -0.4 is 5.32 Å². The first kappa shape index (κ1) is 18.6. The largest absolute Gasteiger partial charge is 0.322 e. The first-order valence-corrected chi connectivity index (χ1v) is 9.53. The zero-order valence-corrected chi connectivity index (χ0v) is 17.3. The van der Waals surface area contributed by atoms with Crippen LogP contribution in [0, 0.1) is 6.92 Å². The number of hydrogen-bond acceptors (Lipinski definition) is 3. The van der Waals surface area contributed by atoms with Gasteiger partial charge < -0.3 is 5.32 Å². The number of nitrogens with one attached hydrogen (secondary N) is 1. The Morgan fingerprint density at radius 2 is 1.92 bits per heavy atom. The molecule has 0 saturated heterocycles. The number of aryl methyl sites for hydroxylation is 1. The van der Waals surface area contributed by atoms with Crippen molar-refractivity contribution in [3.05, 3.63) is 51.8 Å². The number of amides is 1. The number of hydrogen-bond donors (Lipinski definition) is 1. The predicted octanol–water partition coefficient (Wildman–Crippen LogP) is 5.46. The number of benzene rings is 1. The van der Waals surface area contributed by atoms with Crippen LogP contribution in [0.25, 0.3) is 11.0 Å². The van der Waals surface area contributed by atoms with E-state index >= 15 is 0 Å². The number of carbonyl (C=O) groups excluding carboxylic acids is 1. The summed E-state index contributed by atoms with van der Waals surface area (Å²) in [6.07, 6.45) is 1.73. The van der Waals surface area contributed by atoms with Crippen LogP contribution in [0.15, 0.2) is 34.9 Å². The van der Waals surface area contributed by atoms with Crippen LogP contribution in [-0.4, -0.2) is 20.7 Å². The Kier molecular flexibility index (Phi) is 5.14. The van der Waals surface area contributed by atoms with Gasteiger partial charge in [0, 0.05) is 21.9 Å². The van der Waals surface area contributed by atoms with E-state index in [9.17, 15) is 4.79 Å². The molecule has 0 bridgehead atoms. The van der Waals surface area contributed by atoms with Gasteiger partial charge in [-0.25, -0.2) is 9.67 Å². The molecule has 3 aromatic rings. The minimum Gasteiger partial charge on any atom is -0.322 e. The number of nitrogens with zero attached hydrogens (tertiary/aromatic N) is 3. The average molecular weight is 415 g/mol. The summed E-state index contributed by atoms with van der Waals surface area (Å²) in [6.45, 7) is 10.2. The maximum absolute atomic E-state index is 13.1. The molecule has 0 fully saturated rings. The van der Waals surface area contributed by atoms with E-state index in [1.807, 2.05) is 35.9 Å². The molecule has 1 amide bonds. The molecular weight excluding hydrogens is 392 g/mol. The zero-order valence-electron chi connectivity index (χ0n) is 15.7. The molecule has 26 heavy (non-hydrogen) atoms. The van der Waals surface area contributed by atoms with E-state index in [0.29, 0.717) is 5.56 Å². The van der Waals surface area contributed by atoms with Crippen LogP contribution in [0.5, 0.6) is 0 Å². The van der Waals surface area contributed by atoms with Crippen LogP contribution >= 0.6 is 15.9 Å². The SMILES string of the molecule is Cc1ccc(Br)cc1NC(=O)c1cc(C(C)C)nc2c1cnn2C(C)C. The van der Waals surface area contributed by atoms with Crippen molar-refractivity contribution in [2.75, 3.05) is 5.32 Å². The maximum Gasteiger partial charge on any atom is 0.256 e. The number of pyridine rings is 1. The Morgan fingerprint density at radius 1 is 1.19 bits per heavy atom. The standard InChI is InChI=1S/C20H23BrN4O/c1-11(2)17-9-15(16-10-22-25(12(3)4)19(16)23-17)20(26)24-18-8-14(21)7-6-13(18)5/h6-12H,1-5H3,(H,24,26). The Labute approximate surface area is 161 Å². The lowest BCUT2D eigenvalue weighted by molar-refractivity contribution is 0.102. The molecule has 1 N–H and O–H groups in total. The van der Waals surface area contributed by atoms with Crippen molar-refractivity contribution in [1.82, 2.24) is 14.8 Å². The second kappa shape index (κ2) is 7.19. The average Bonchev–Trinajstić information content (AvgIpc) is 3.01. The highest BCUT2D eigenvalue weighted by Crippen LogP contribution is 2.26. The fourth-order valence-corrected chi connectivity index (χ4v) is 3.18. The summed E-state index contributed by atoms with van der Waals surface area (Å²) in [4.78, 5) is 17.8. The molecule has 5 nitrogen and oxygen atoms in total. The van der Waals surface area contributed by atoms with Crippen molar-refractivity contribution >= 4 is 38.6 Å². The Morgan fingerprint density at radius 3 is 2.58 bits per heavy atom. The monoisotopic (exact) mass is 414 g/mol. The van der Waals surface area contributed by atoms with E-state index < -0.39 is 0 Å². The van der Waals surface area contributed by atoms with Gasteiger partial charge in [0.05, 0.1) is 17.1 Å². The summed E-state index contributed by atoms with van der Waals surface area (Å²) in [5.74, 6) is 0.0675. The van der Waals surface area contributed by atoms with E-state index in [4.69, 9.17) is 4.98 Å². The van der Waals surface area contributed by atoms with Gasteiger partial charge in [0.25, 0.3) is 5.91 Å². The third-order valence-corrected chi connectivity index (χ3v) is 4.85. The zero-order chi connectivity index (χ0) is 19.0. The summed E-state index contributed by atoms with van der Waals surface area (Å²) in [7, 11) is 0. The predicted molar refractivity (Wildman–Crippen MR) is 109 cm³/mol. The molecule has 0 atom stereocenters. The number of fused-ring (bicyclic) bond motifs is 1. The molecule has 1 aromatic carbocycles. The van der Waals surface area contributed by atoms with Crippen molar-refractivity contribution in [3.8, 4) is 0 Å². The summed E-state index contributed by atoms with van der Waals surface area (Å²) < 4.78 is 2.79. The van der Waals surface area contributed by atoms with Gasteiger partial charge in [0.2, 0.25) is 0 Å². The fourth-order valence-electron chi connectivity index (χ4n) is 2.82. The minimum absolute atomic E-state index is 0.149. The molecule has 136 valence electrons. The molecule has 2 heterocycles. The summed E-state index contributed by atoms with van der Waals surface area (Å²) in [5.41, 5.74) is 4.04. The fraction of sp³-hybridized carbons (Fsp3) is 0.350. The van der Waals surface area contributed by atoms with Crippen molar-refractivity contribution in [3.63, 3.8) is 0 Å². The molecule has 0 radical (unpaired) electrons. The van der Waals surface area contributed by atoms with Crippen molar-refractivity contribution < 1.29 is 4.79 Å². The highest BCUT2D eigenvalue weighted by Gasteiger charge is 2.19. The first-order chi connectivity index (χ1) is 12.3. The van der Waals surface area contributed by atoms with Gasteiger partial charge >= 0.3 is 0 Å². The van der Waals surface area contributed by atoms with Crippen LogP contribution in [0.4, 0.5) is 5.69 Å². The van der Waals surface area contributed by atoms with E-state index in [0.717, 1.165) is 32.5 Å².